The summed E-state index contributed by atoms with van der Waals surface area (Å²) in [5, 5.41) is 3.38. The van der Waals surface area contributed by atoms with Crippen LogP contribution < -0.4 is 10.2 Å². The summed E-state index contributed by atoms with van der Waals surface area (Å²) in [6, 6.07) is 0.573. The summed E-state index contributed by atoms with van der Waals surface area (Å²) in [5.41, 5.74) is 1.04. The lowest BCUT2D eigenvalue weighted by atomic mass is 9.95. The van der Waals surface area contributed by atoms with Gasteiger partial charge in [0.1, 0.15) is 5.82 Å². The van der Waals surface area contributed by atoms with Gasteiger partial charge in [0.25, 0.3) is 0 Å². The Labute approximate surface area is 116 Å². The Hall–Kier alpha value is -1.16. The van der Waals surface area contributed by atoms with Crippen molar-refractivity contribution < 1.29 is 0 Å². The van der Waals surface area contributed by atoms with Crippen LogP contribution in [-0.4, -0.2) is 29.1 Å². The Bertz CT molecular complexity index is 393. The lowest BCUT2D eigenvalue weighted by molar-refractivity contribution is 0.387. The molecule has 1 aromatic heterocycles. The van der Waals surface area contributed by atoms with Gasteiger partial charge in [0.15, 0.2) is 0 Å². The molecule has 1 aliphatic rings. The first-order valence-electron chi connectivity index (χ1n) is 7.49. The number of hydrogen-bond acceptors (Lipinski definition) is 4. The summed E-state index contributed by atoms with van der Waals surface area (Å²) in [4.78, 5) is 11.5. The van der Waals surface area contributed by atoms with E-state index in [4.69, 9.17) is 4.98 Å². The summed E-state index contributed by atoms with van der Waals surface area (Å²) in [5.74, 6) is 1.79. The van der Waals surface area contributed by atoms with Crippen molar-refractivity contribution in [2.45, 2.75) is 52.6 Å². The fraction of sp³-hybridized carbons (Fsp3) is 0.733. The topological polar surface area (TPSA) is 41.1 Å². The first-order valence-corrected chi connectivity index (χ1v) is 7.49. The second-order valence-corrected chi connectivity index (χ2v) is 5.73. The second-order valence-electron chi connectivity index (χ2n) is 5.73. The minimum atomic E-state index is 0.573. The first kappa shape index (κ1) is 14.3. The summed E-state index contributed by atoms with van der Waals surface area (Å²) in [6.07, 6.45) is 7.49. The van der Waals surface area contributed by atoms with Gasteiger partial charge >= 0.3 is 0 Å². The zero-order chi connectivity index (χ0) is 13.7. The Kier molecular flexibility index (Phi) is 5.14. The smallest absolute Gasteiger partial charge is 0.147 e. The van der Waals surface area contributed by atoms with Crippen molar-refractivity contribution in [1.29, 1.82) is 0 Å². The highest BCUT2D eigenvalue weighted by Crippen LogP contribution is 2.25. The fourth-order valence-corrected chi connectivity index (χ4v) is 2.62. The second kappa shape index (κ2) is 6.85. The summed E-state index contributed by atoms with van der Waals surface area (Å²) in [7, 11) is 0. The first-order chi connectivity index (χ1) is 9.20. The largest absolute Gasteiger partial charge is 0.352 e. The van der Waals surface area contributed by atoms with Crippen molar-refractivity contribution in [1.82, 2.24) is 15.3 Å². The molecule has 1 N–H and O–H groups in total. The molecule has 0 radical (unpaired) electrons. The molecule has 19 heavy (non-hydrogen) atoms. The van der Waals surface area contributed by atoms with Crippen LogP contribution in [-0.2, 0) is 6.54 Å². The van der Waals surface area contributed by atoms with Crippen LogP contribution in [0.2, 0.25) is 0 Å². The van der Waals surface area contributed by atoms with E-state index in [1.165, 1.54) is 12.8 Å². The summed E-state index contributed by atoms with van der Waals surface area (Å²) < 4.78 is 0. The fourth-order valence-electron chi connectivity index (χ4n) is 2.62. The lowest BCUT2D eigenvalue weighted by Gasteiger charge is -2.37. The van der Waals surface area contributed by atoms with Gasteiger partial charge in [0.05, 0.1) is 11.9 Å². The van der Waals surface area contributed by atoms with Crippen LogP contribution in [0.15, 0.2) is 12.4 Å². The third-order valence-electron chi connectivity index (χ3n) is 3.82. The van der Waals surface area contributed by atoms with Gasteiger partial charge in [0.2, 0.25) is 0 Å². The maximum Gasteiger partial charge on any atom is 0.147 e. The highest BCUT2D eigenvalue weighted by atomic mass is 15.2. The molecule has 0 aliphatic carbocycles. The van der Waals surface area contributed by atoms with Crippen LogP contribution >= 0.6 is 0 Å². The van der Waals surface area contributed by atoms with Crippen molar-refractivity contribution in [2.24, 2.45) is 5.92 Å². The average molecular weight is 262 g/mol. The highest BCUT2D eigenvalue weighted by molar-refractivity contribution is 5.38. The SMILES string of the molecule is CCCNCc1cncc(N2CC(C)CCC2C)n1. The van der Waals surface area contributed by atoms with E-state index in [1.54, 1.807) is 0 Å². The molecule has 0 spiro atoms. The molecule has 2 heterocycles. The third-order valence-corrected chi connectivity index (χ3v) is 3.82. The normalized spacial score (nSPS) is 23.6. The van der Waals surface area contributed by atoms with Crippen molar-refractivity contribution in [3.8, 4) is 0 Å². The van der Waals surface area contributed by atoms with Crippen molar-refractivity contribution in [2.75, 3.05) is 18.0 Å². The van der Waals surface area contributed by atoms with Gasteiger partial charge in [-0.2, -0.15) is 0 Å². The van der Waals surface area contributed by atoms with Gasteiger partial charge in [-0.1, -0.05) is 13.8 Å². The van der Waals surface area contributed by atoms with E-state index in [1.807, 2.05) is 12.4 Å². The molecule has 2 rings (SSSR count). The van der Waals surface area contributed by atoms with Gasteiger partial charge in [-0.05, 0) is 38.6 Å². The number of aromatic nitrogens is 2. The van der Waals surface area contributed by atoms with E-state index in [0.717, 1.165) is 43.5 Å². The molecule has 0 aromatic carbocycles. The van der Waals surface area contributed by atoms with Gasteiger partial charge in [-0.3, -0.25) is 4.98 Å². The molecule has 106 valence electrons. The Morgan fingerprint density at radius 3 is 2.95 bits per heavy atom. The molecular weight excluding hydrogens is 236 g/mol. The van der Waals surface area contributed by atoms with E-state index >= 15 is 0 Å². The minimum absolute atomic E-state index is 0.573. The Balaban J connectivity index is 2.04. The number of anilines is 1. The zero-order valence-electron chi connectivity index (χ0n) is 12.4. The molecule has 1 aromatic rings. The number of piperidine rings is 1. The zero-order valence-corrected chi connectivity index (χ0v) is 12.4. The van der Waals surface area contributed by atoms with Crippen LogP contribution in [0.4, 0.5) is 5.82 Å². The van der Waals surface area contributed by atoms with Gasteiger partial charge < -0.3 is 10.2 Å². The van der Waals surface area contributed by atoms with E-state index in [9.17, 15) is 0 Å². The van der Waals surface area contributed by atoms with Crippen molar-refractivity contribution >= 4 is 5.82 Å². The molecule has 4 heteroatoms. The van der Waals surface area contributed by atoms with Gasteiger partial charge in [-0.15, -0.1) is 0 Å². The highest BCUT2D eigenvalue weighted by Gasteiger charge is 2.24. The molecular formula is C15H26N4. The molecule has 0 bridgehead atoms. The molecule has 2 unspecified atom stereocenters. The molecule has 4 nitrogen and oxygen atoms in total. The predicted octanol–water partition coefficient (Wildman–Crippen LogP) is 2.60. The van der Waals surface area contributed by atoms with Crippen molar-refractivity contribution in [3.05, 3.63) is 18.1 Å². The molecule has 1 saturated heterocycles. The van der Waals surface area contributed by atoms with Gasteiger partial charge in [-0.25, -0.2) is 4.98 Å². The number of rotatable bonds is 5. The van der Waals surface area contributed by atoms with Crippen LogP contribution in [0.5, 0.6) is 0 Å². The Morgan fingerprint density at radius 1 is 1.32 bits per heavy atom. The average Bonchev–Trinajstić information content (AvgIpc) is 2.42. The maximum atomic E-state index is 4.75. The third kappa shape index (κ3) is 3.90. The van der Waals surface area contributed by atoms with Gasteiger partial charge in [0, 0.05) is 25.3 Å². The van der Waals surface area contributed by atoms with Crippen LogP contribution in [0, 0.1) is 5.92 Å². The summed E-state index contributed by atoms with van der Waals surface area (Å²) >= 11 is 0. The molecule has 2 atom stereocenters. The van der Waals surface area contributed by atoms with E-state index < -0.39 is 0 Å². The van der Waals surface area contributed by atoms with E-state index in [-0.39, 0.29) is 0 Å². The quantitative estimate of drug-likeness (QED) is 0.828. The number of nitrogens with one attached hydrogen (secondary N) is 1. The van der Waals surface area contributed by atoms with Crippen LogP contribution in [0.25, 0.3) is 0 Å². The molecule has 0 amide bonds. The van der Waals surface area contributed by atoms with E-state index in [0.29, 0.717) is 6.04 Å². The minimum Gasteiger partial charge on any atom is -0.352 e. The molecule has 1 aliphatic heterocycles. The molecule has 0 saturated carbocycles. The Morgan fingerprint density at radius 2 is 2.16 bits per heavy atom. The van der Waals surface area contributed by atoms with Crippen LogP contribution in [0.1, 0.15) is 45.7 Å². The van der Waals surface area contributed by atoms with Crippen LogP contribution in [0.3, 0.4) is 0 Å². The maximum absolute atomic E-state index is 4.75. The standard InChI is InChI=1S/C15H26N4/c1-4-7-16-8-14-9-17-10-15(18-14)19-11-12(2)5-6-13(19)3/h9-10,12-13,16H,4-8,11H2,1-3H3. The summed E-state index contributed by atoms with van der Waals surface area (Å²) in [6.45, 7) is 9.72. The lowest BCUT2D eigenvalue weighted by Crippen LogP contribution is -2.41. The predicted molar refractivity (Wildman–Crippen MR) is 79.2 cm³/mol. The number of nitrogens with zero attached hydrogens (tertiary/aromatic N) is 3. The van der Waals surface area contributed by atoms with E-state index in [2.05, 4.69) is 36.0 Å². The number of hydrogen-bond donors (Lipinski definition) is 1. The monoisotopic (exact) mass is 262 g/mol. The van der Waals surface area contributed by atoms with Crippen molar-refractivity contribution in [3.63, 3.8) is 0 Å². The molecule has 1 fully saturated rings.